The number of carbonyl (C=O) groups excluding carboxylic acids is 1. The van der Waals surface area contributed by atoms with Crippen molar-refractivity contribution in [1.82, 2.24) is 0 Å². The SMILES string of the molecule is CCOC(=O)C(c1ccc(B2OC(C)(C)C(C)(C)O2)cc1)C(C)C. The fraction of sp³-hybridized carbons (Fsp3) is 0.632. The lowest BCUT2D eigenvalue weighted by molar-refractivity contribution is -0.146. The van der Waals surface area contributed by atoms with Crippen molar-refractivity contribution in [2.24, 2.45) is 5.92 Å². The van der Waals surface area contributed by atoms with Crippen molar-refractivity contribution < 1.29 is 18.8 Å². The number of carbonyl (C=O) groups is 1. The van der Waals surface area contributed by atoms with Crippen molar-refractivity contribution in [1.29, 1.82) is 0 Å². The van der Waals surface area contributed by atoms with Gasteiger partial charge in [0.25, 0.3) is 0 Å². The molecule has 1 heterocycles. The molecule has 0 aliphatic carbocycles. The van der Waals surface area contributed by atoms with E-state index in [9.17, 15) is 4.79 Å². The highest BCUT2D eigenvalue weighted by Gasteiger charge is 2.51. The molecule has 1 atom stereocenters. The van der Waals surface area contributed by atoms with E-state index in [2.05, 4.69) is 0 Å². The summed E-state index contributed by atoms with van der Waals surface area (Å²) < 4.78 is 17.4. The van der Waals surface area contributed by atoms with Crippen LogP contribution in [-0.4, -0.2) is 30.9 Å². The van der Waals surface area contributed by atoms with E-state index in [1.165, 1.54) is 0 Å². The molecule has 4 nitrogen and oxygen atoms in total. The molecule has 1 aliphatic heterocycles. The smallest absolute Gasteiger partial charge is 0.466 e. The number of benzene rings is 1. The maximum absolute atomic E-state index is 12.2. The van der Waals surface area contributed by atoms with E-state index in [1.54, 1.807) is 0 Å². The molecule has 0 N–H and O–H groups in total. The van der Waals surface area contributed by atoms with Gasteiger partial charge in [0, 0.05) is 0 Å². The van der Waals surface area contributed by atoms with Gasteiger partial charge < -0.3 is 14.0 Å². The van der Waals surface area contributed by atoms with Crippen LogP contribution in [0.2, 0.25) is 0 Å². The molecular weight excluding hydrogens is 303 g/mol. The standard InChI is InChI=1S/C19H29BO4/c1-8-22-17(21)16(13(2)3)14-9-11-15(12-10-14)20-23-18(4,5)19(6,7)24-20/h9-13,16H,8H2,1-7H3. The lowest BCUT2D eigenvalue weighted by Gasteiger charge is -2.32. The van der Waals surface area contributed by atoms with E-state index >= 15 is 0 Å². The summed E-state index contributed by atoms with van der Waals surface area (Å²) in [7, 11) is -0.385. The van der Waals surface area contributed by atoms with Crippen molar-refractivity contribution in [3.05, 3.63) is 29.8 Å². The first-order valence-corrected chi connectivity index (χ1v) is 8.71. The van der Waals surface area contributed by atoms with Gasteiger partial charge in [0.15, 0.2) is 0 Å². The summed E-state index contributed by atoms with van der Waals surface area (Å²) in [5, 5.41) is 0. The molecule has 0 amide bonds. The topological polar surface area (TPSA) is 44.8 Å². The molecule has 132 valence electrons. The Morgan fingerprint density at radius 1 is 1.08 bits per heavy atom. The second-order valence-electron chi connectivity index (χ2n) is 7.73. The molecule has 0 radical (unpaired) electrons. The van der Waals surface area contributed by atoms with Crippen molar-refractivity contribution >= 4 is 18.6 Å². The Balaban J connectivity index is 2.20. The summed E-state index contributed by atoms with van der Waals surface area (Å²) in [5.41, 5.74) is 1.20. The first-order valence-electron chi connectivity index (χ1n) is 8.71. The lowest BCUT2D eigenvalue weighted by atomic mass is 9.77. The zero-order valence-electron chi connectivity index (χ0n) is 15.9. The Morgan fingerprint density at radius 3 is 2.00 bits per heavy atom. The van der Waals surface area contributed by atoms with Gasteiger partial charge >= 0.3 is 13.1 Å². The van der Waals surface area contributed by atoms with Crippen LogP contribution in [-0.2, 0) is 18.8 Å². The normalized spacial score (nSPS) is 20.2. The molecule has 24 heavy (non-hydrogen) atoms. The highest BCUT2D eigenvalue weighted by Crippen LogP contribution is 2.36. The van der Waals surface area contributed by atoms with Gasteiger partial charge in [0.05, 0.1) is 23.7 Å². The Bertz CT molecular complexity index is 562. The third kappa shape index (κ3) is 3.67. The Morgan fingerprint density at radius 2 is 1.58 bits per heavy atom. The van der Waals surface area contributed by atoms with Gasteiger partial charge in [-0.3, -0.25) is 4.79 Å². The molecule has 0 aromatic heterocycles. The number of esters is 1. The molecule has 0 spiro atoms. The average molecular weight is 332 g/mol. The van der Waals surface area contributed by atoms with E-state index in [0.29, 0.717) is 6.61 Å². The molecule has 1 saturated heterocycles. The molecule has 2 rings (SSSR count). The van der Waals surface area contributed by atoms with E-state index in [4.69, 9.17) is 14.0 Å². The Kier molecular flexibility index (Phi) is 5.45. The Labute approximate surface area is 146 Å². The molecule has 1 aliphatic rings. The number of ether oxygens (including phenoxy) is 1. The molecule has 1 fully saturated rings. The van der Waals surface area contributed by atoms with Crippen molar-refractivity contribution in [2.75, 3.05) is 6.61 Å². The Hall–Kier alpha value is -1.33. The zero-order chi connectivity index (χ0) is 18.1. The summed E-state index contributed by atoms with van der Waals surface area (Å²) in [6.45, 7) is 14.4. The minimum atomic E-state index is -0.385. The number of hydrogen-bond donors (Lipinski definition) is 0. The van der Waals surface area contributed by atoms with Crippen molar-refractivity contribution in [2.45, 2.75) is 65.6 Å². The first kappa shape index (κ1) is 19.0. The third-order valence-corrected chi connectivity index (χ3v) is 5.03. The number of hydrogen-bond acceptors (Lipinski definition) is 4. The highest BCUT2D eigenvalue weighted by atomic mass is 16.7. The number of rotatable bonds is 5. The summed E-state index contributed by atoms with van der Waals surface area (Å²) in [5.74, 6) is -0.250. The van der Waals surface area contributed by atoms with Gasteiger partial charge in [-0.15, -0.1) is 0 Å². The average Bonchev–Trinajstić information content (AvgIpc) is 2.68. The summed E-state index contributed by atoms with van der Waals surface area (Å²) in [6.07, 6.45) is 0. The van der Waals surface area contributed by atoms with Gasteiger partial charge in [-0.25, -0.2) is 0 Å². The van der Waals surface area contributed by atoms with Crippen LogP contribution >= 0.6 is 0 Å². The summed E-state index contributed by atoms with van der Waals surface area (Å²) in [6, 6.07) is 7.90. The van der Waals surface area contributed by atoms with Gasteiger partial charge in [-0.1, -0.05) is 38.1 Å². The minimum absolute atomic E-state index is 0.170. The van der Waals surface area contributed by atoms with Gasteiger partial charge in [-0.05, 0) is 51.6 Å². The molecular formula is C19H29BO4. The maximum Gasteiger partial charge on any atom is 0.494 e. The predicted octanol–water partition coefficient (Wildman–Crippen LogP) is 3.29. The summed E-state index contributed by atoms with van der Waals surface area (Å²) >= 11 is 0. The molecule has 0 bridgehead atoms. The van der Waals surface area contributed by atoms with Crippen LogP contribution in [0.5, 0.6) is 0 Å². The monoisotopic (exact) mass is 332 g/mol. The first-order chi connectivity index (χ1) is 11.1. The molecule has 1 unspecified atom stereocenters. The van der Waals surface area contributed by atoms with E-state index in [-0.39, 0.29) is 36.1 Å². The van der Waals surface area contributed by atoms with Crippen molar-refractivity contribution in [3.63, 3.8) is 0 Å². The molecule has 0 saturated carbocycles. The second-order valence-corrected chi connectivity index (χ2v) is 7.73. The highest BCUT2D eigenvalue weighted by molar-refractivity contribution is 6.62. The van der Waals surface area contributed by atoms with Crippen LogP contribution < -0.4 is 5.46 Å². The van der Waals surface area contributed by atoms with E-state index in [0.717, 1.165) is 11.0 Å². The fourth-order valence-corrected chi connectivity index (χ4v) is 2.86. The van der Waals surface area contributed by atoms with E-state index in [1.807, 2.05) is 72.7 Å². The van der Waals surface area contributed by atoms with Crippen LogP contribution in [0.15, 0.2) is 24.3 Å². The van der Waals surface area contributed by atoms with Crippen molar-refractivity contribution in [3.8, 4) is 0 Å². The van der Waals surface area contributed by atoms with Gasteiger partial charge in [0.1, 0.15) is 0 Å². The van der Waals surface area contributed by atoms with Crippen LogP contribution in [0.1, 0.15) is 59.9 Å². The van der Waals surface area contributed by atoms with Gasteiger partial charge in [0.2, 0.25) is 0 Å². The maximum atomic E-state index is 12.2. The minimum Gasteiger partial charge on any atom is -0.466 e. The predicted molar refractivity (Wildman–Crippen MR) is 96.4 cm³/mol. The van der Waals surface area contributed by atoms with Crippen LogP contribution in [0.25, 0.3) is 0 Å². The van der Waals surface area contributed by atoms with Crippen LogP contribution in [0, 0.1) is 5.92 Å². The fourth-order valence-electron chi connectivity index (χ4n) is 2.86. The quantitative estimate of drug-likeness (QED) is 0.613. The lowest BCUT2D eigenvalue weighted by Crippen LogP contribution is -2.41. The van der Waals surface area contributed by atoms with Crippen LogP contribution in [0.3, 0.4) is 0 Å². The van der Waals surface area contributed by atoms with Gasteiger partial charge in [-0.2, -0.15) is 0 Å². The molecule has 5 heteroatoms. The van der Waals surface area contributed by atoms with E-state index < -0.39 is 0 Å². The second kappa shape index (κ2) is 6.89. The zero-order valence-corrected chi connectivity index (χ0v) is 15.9. The summed E-state index contributed by atoms with van der Waals surface area (Å²) in [4.78, 5) is 12.2. The third-order valence-electron chi connectivity index (χ3n) is 5.03. The largest absolute Gasteiger partial charge is 0.494 e. The van der Waals surface area contributed by atoms with Crippen LogP contribution in [0.4, 0.5) is 0 Å². The molecule has 1 aromatic rings. The molecule has 1 aromatic carbocycles.